The summed E-state index contributed by atoms with van der Waals surface area (Å²) in [6.45, 7) is 1.52. The van der Waals surface area contributed by atoms with Gasteiger partial charge in [-0.1, -0.05) is 0 Å². The zero-order chi connectivity index (χ0) is 8.53. The minimum absolute atomic E-state index is 0.196. The van der Waals surface area contributed by atoms with Crippen molar-refractivity contribution in [1.29, 1.82) is 0 Å². The molecule has 0 unspecified atom stereocenters. The van der Waals surface area contributed by atoms with Crippen molar-refractivity contribution in [1.82, 2.24) is 0 Å². The molecule has 0 atom stereocenters. The van der Waals surface area contributed by atoms with Crippen LogP contribution in [-0.2, 0) is 14.4 Å². The maximum Gasteiger partial charge on any atom is 0.326 e. The van der Waals surface area contributed by atoms with Crippen molar-refractivity contribution in [2.75, 3.05) is 19.8 Å². The Hall–Kier alpha value is -0.650. The molecule has 5 nitrogen and oxygen atoms in total. The van der Waals surface area contributed by atoms with E-state index in [1.807, 2.05) is 0 Å². The molecule has 0 fully saturated rings. The molecular weight excluding hydrogens is 148 g/mol. The van der Waals surface area contributed by atoms with Gasteiger partial charge in [-0.3, -0.25) is 4.79 Å². The van der Waals surface area contributed by atoms with Crippen LogP contribution >= 0.6 is 0 Å². The number of hydrogen-bond acceptors (Lipinski definition) is 5. The molecule has 0 saturated heterocycles. The average Bonchev–Trinajstić information content (AvgIpc) is 2.04. The molecule has 66 valence electrons. The molecule has 0 amide bonds. The second kappa shape index (κ2) is 7.46. The fraction of sp³-hybridized carbons (Fsp3) is 0.833. The summed E-state index contributed by atoms with van der Waals surface area (Å²) in [5.41, 5.74) is 5.21. The van der Waals surface area contributed by atoms with Gasteiger partial charge in [0.2, 0.25) is 0 Å². The summed E-state index contributed by atoms with van der Waals surface area (Å²) in [6.07, 6.45) is 0.999. The zero-order valence-electron chi connectivity index (χ0n) is 6.41. The highest BCUT2D eigenvalue weighted by Crippen LogP contribution is 1.86. The van der Waals surface area contributed by atoms with Gasteiger partial charge < -0.3 is 15.3 Å². The number of ether oxygens (including phenoxy) is 1. The van der Waals surface area contributed by atoms with Crippen molar-refractivity contribution in [2.24, 2.45) is 11.6 Å². The molecule has 0 aliphatic rings. The lowest BCUT2D eigenvalue weighted by atomic mass is 10.4. The van der Waals surface area contributed by atoms with E-state index in [4.69, 9.17) is 10.5 Å². The van der Waals surface area contributed by atoms with Crippen LogP contribution in [0.2, 0.25) is 0 Å². The van der Waals surface area contributed by atoms with Crippen LogP contribution in [0.4, 0.5) is 0 Å². The Morgan fingerprint density at radius 3 is 2.64 bits per heavy atom. The summed E-state index contributed by atoms with van der Waals surface area (Å²) in [5, 5.41) is 0. The lowest BCUT2D eigenvalue weighted by Gasteiger charge is -2.00. The zero-order valence-corrected chi connectivity index (χ0v) is 6.41. The molecule has 0 bridgehead atoms. The molecule has 0 radical (unpaired) electrons. The van der Waals surface area contributed by atoms with Crippen molar-refractivity contribution < 1.29 is 14.4 Å². The van der Waals surface area contributed by atoms with Gasteiger partial charge in [-0.25, -0.2) is 0 Å². The summed E-state index contributed by atoms with van der Waals surface area (Å²) in [4.78, 5) is 14.3. The molecule has 0 saturated carbocycles. The highest BCUT2D eigenvalue weighted by Gasteiger charge is 1.98. The molecule has 0 heterocycles. The maximum absolute atomic E-state index is 10.4. The van der Waals surface area contributed by atoms with E-state index >= 15 is 0 Å². The van der Waals surface area contributed by atoms with Crippen molar-refractivity contribution in [3.05, 3.63) is 0 Å². The van der Waals surface area contributed by atoms with Gasteiger partial charge in [0, 0.05) is 6.61 Å². The van der Waals surface area contributed by atoms with E-state index in [1.165, 1.54) is 0 Å². The summed E-state index contributed by atoms with van der Waals surface area (Å²) in [5.74, 6) is 4.13. The second-order valence-corrected chi connectivity index (χ2v) is 1.99. The highest BCUT2D eigenvalue weighted by atomic mass is 16.7. The predicted octanol–water partition coefficient (Wildman–Crippen LogP) is -0.841. The van der Waals surface area contributed by atoms with Gasteiger partial charge in [0.1, 0.15) is 0 Å². The van der Waals surface area contributed by atoms with Crippen LogP contribution < -0.4 is 11.6 Å². The first-order valence-corrected chi connectivity index (χ1v) is 3.48. The molecule has 0 aliphatic carbocycles. The lowest BCUT2D eigenvalue weighted by molar-refractivity contribution is -0.145. The topological polar surface area (TPSA) is 87.6 Å². The minimum atomic E-state index is -0.460. The Kier molecular flexibility index (Phi) is 7.02. The third-order valence-corrected chi connectivity index (χ3v) is 1.07. The number of carbonyl (C=O) groups excluding carboxylic acids is 1. The molecule has 0 aromatic rings. The Morgan fingerprint density at radius 2 is 2.09 bits per heavy atom. The minimum Gasteiger partial charge on any atom is -0.381 e. The normalized spacial score (nSPS) is 9.64. The van der Waals surface area contributed by atoms with Crippen LogP contribution in [0.5, 0.6) is 0 Å². The number of carbonyl (C=O) groups is 1. The van der Waals surface area contributed by atoms with E-state index in [0.717, 1.165) is 6.42 Å². The highest BCUT2D eigenvalue weighted by molar-refractivity contribution is 5.68. The van der Waals surface area contributed by atoms with Gasteiger partial charge in [0.15, 0.2) is 0 Å². The average molecular weight is 162 g/mol. The standard InChI is InChI=1S/C6H14N2O3/c7-3-1-4-10-5-2-6(9)11-8/h1-5,7-8H2. The fourth-order valence-electron chi connectivity index (χ4n) is 0.502. The first-order valence-electron chi connectivity index (χ1n) is 3.48. The van der Waals surface area contributed by atoms with Crippen LogP contribution in [0.3, 0.4) is 0 Å². The van der Waals surface area contributed by atoms with Gasteiger partial charge in [0.05, 0.1) is 13.0 Å². The first-order chi connectivity index (χ1) is 5.31. The van der Waals surface area contributed by atoms with Crippen LogP contribution in [0.25, 0.3) is 0 Å². The third kappa shape index (κ3) is 7.24. The van der Waals surface area contributed by atoms with Gasteiger partial charge in [-0.15, -0.1) is 0 Å². The fourth-order valence-corrected chi connectivity index (χ4v) is 0.502. The monoisotopic (exact) mass is 162 g/mol. The van der Waals surface area contributed by atoms with E-state index in [0.29, 0.717) is 19.8 Å². The Morgan fingerprint density at radius 1 is 1.36 bits per heavy atom. The summed E-state index contributed by atoms with van der Waals surface area (Å²) < 4.78 is 5.01. The Labute approximate surface area is 65.6 Å². The number of rotatable bonds is 6. The largest absolute Gasteiger partial charge is 0.381 e. The van der Waals surface area contributed by atoms with Gasteiger partial charge in [-0.05, 0) is 13.0 Å². The second-order valence-electron chi connectivity index (χ2n) is 1.99. The smallest absolute Gasteiger partial charge is 0.326 e. The molecule has 0 aromatic carbocycles. The quantitative estimate of drug-likeness (QED) is 0.392. The lowest BCUT2D eigenvalue weighted by Crippen LogP contribution is -2.13. The predicted molar refractivity (Wildman–Crippen MR) is 39.4 cm³/mol. The van der Waals surface area contributed by atoms with E-state index in [2.05, 4.69) is 10.7 Å². The molecule has 4 N–H and O–H groups in total. The summed E-state index contributed by atoms with van der Waals surface area (Å²) >= 11 is 0. The molecule has 0 aromatic heterocycles. The Balaban J connectivity index is 2.95. The third-order valence-electron chi connectivity index (χ3n) is 1.07. The molecule has 0 aliphatic heterocycles. The van der Waals surface area contributed by atoms with E-state index in [9.17, 15) is 4.79 Å². The summed E-state index contributed by atoms with van der Waals surface area (Å²) in [6, 6.07) is 0. The first kappa shape index (κ1) is 10.3. The van der Waals surface area contributed by atoms with E-state index in [-0.39, 0.29) is 6.42 Å². The van der Waals surface area contributed by atoms with E-state index in [1.54, 1.807) is 0 Å². The van der Waals surface area contributed by atoms with Crippen molar-refractivity contribution in [3.63, 3.8) is 0 Å². The molecule has 0 spiro atoms. The van der Waals surface area contributed by atoms with Crippen molar-refractivity contribution in [3.8, 4) is 0 Å². The van der Waals surface area contributed by atoms with Crippen LogP contribution in [-0.4, -0.2) is 25.7 Å². The van der Waals surface area contributed by atoms with Gasteiger partial charge in [0.25, 0.3) is 0 Å². The van der Waals surface area contributed by atoms with Crippen molar-refractivity contribution >= 4 is 5.97 Å². The van der Waals surface area contributed by atoms with Crippen LogP contribution in [0.1, 0.15) is 12.8 Å². The molecule has 11 heavy (non-hydrogen) atoms. The van der Waals surface area contributed by atoms with E-state index < -0.39 is 5.97 Å². The number of nitrogens with two attached hydrogens (primary N) is 2. The SMILES string of the molecule is NCCCOCCC(=O)ON. The number of hydrogen-bond donors (Lipinski definition) is 2. The molecular formula is C6H14N2O3. The maximum atomic E-state index is 10.4. The van der Waals surface area contributed by atoms with Crippen LogP contribution in [0, 0.1) is 0 Å². The van der Waals surface area contributed by atoms with Crippen LogP contribution in [0.15, 0.2) is 0 Å². The van der Waals surface area contributed by atoms with Crippen molar-refractivity contribution in [2.45, 2.75) is 12.8 Å². The molecule has 5 heteroatoms. The van der Waals surface area contributed by atoms with Gasteiger partial charge >= 0.3 is 5.97 Å². The molecule has 0 rings (SSSR count). The van der Waals surface area contributed by atoms with Gasteiger partial charge in [-0.2, -0.15) is 5.90 Å². The summed E-state index contributed by atoms with van der Waals surface area (Å²) in [7, 11) is 0. The Bertz CT molecular complexity index is 108.